The molecule has 0 aliphatic carbocycles. The third-order valence-corrected chi connectivity index (χ3v) is 2.60. The Bertz CT molecular complexity index is 630. The minimum absolute atomic E-state index is 0.0409. The minimum atomic E-state index is -1.17. The van der Waals surface area contributed by atoms with Crippen molar-refractivity contribution in [3.8, 4) is 6.07 Å². The molecule has 0 unspecified atom stereocenters. The van der Waals surface area contributed by atoms with E-state index in [-0.39, 0.29) is 23.6 Å². The van der Waals surface area contributed by atoms with Gasteiger partial charge in [0.2, 0.25) is 0 Å². The number of halogens is 3. The Labute approximate surface area is 108 Å². The molecule has 5 heteroatoms. The molecule has 2 aromatic carbocycles. The molecular formula is C14H9F3N2. The smallest absolute Gasteiger partial charge is 0.183 e. The second-order valence-electron chi connectivity index (χ2n) is 3.88. The molecule has 0 bridgehead atoms. The first kappa shape index (κ1) is 13.0. The largest absolute Gasteiger partial charge is 0.379 e. The van der Waals surface area contributed by atoms with E-state index in [4.69, 9.17) is 5.26 Å². The number of hydrogen-bond acceptors (Lipinski definition) is 2. The maximum atomic E-state index is 13.6. The summed E-state index contributed by atoms with van der Waals surface area (Å²) in [6.45, 7) is 0.225. The van der Waals surface area contributed by atoms with Crippen molar-refractivity contribution in [3.05, 3.63) is 65.0 Å². The van der Waals surface area contributed by atoms with E-state index in [2.05, 4.69) is 5.32 Å². The van der Waals surface area contributed by atoms with E-state index in [9.17, 15) is 13.2 Å². The summed E-state index contributed by atoms with van der Waals surface area (Å²) in [4.78, 5) is 0. The molecule has 96 valence electrons. The van der Waals surface area contributed by atoms with Gasteiger partial charge in [-0.3, -0.25) is 0 Å². The molecule has 0 saturated heterocycles. The second kappa shape index (κ2) is 5.44. The fourth-order valence-corrected chi connectivity index (χ4v) is 1.57. The molecule has 0 amide bonds. The third-order valence-electron chi connectivity index (χ3n) is 2.60. The number of benzene rings is 2. The normalized spacial score (nSPS) is 10.0. The van der Waals surface area contributed by atoms with Gasteiger partial charge in [-0.05, 0) is 29.8 Å². The molecule has 2 nitrogen and oxygen atoms in total. The quantitative estimate of drug-likeness (QED) is 0.917. The lowest BCUT2D eigenvalue weighted by Gasteiger charge is -2.08. The summed E-state index contributed by atoms with van der Waals surface area (Å²) in [7, 11) is 0. The van der Waals surface area contributed by atoms with E-state index >= 15 is 0 Å². The van der Waals surface area contributed by atoms with Crippen LogP contribution in [0.5, 0.6) is 0 Å². The Hall–Kier alpha value is -2.48. The summed E-state index contributed by atoms with van der Waals surface area (Å²) in [5.74, 6) is -2.63. The Balaban J connectivity index is 2.14. The van der Waals surface area contributed by atoms with Crippen LogP contribution in [0.15, 0.2) is 36.4 Å². The molecule has 2 aromatic rings. The van der Waals surface area contributed by atoms with Gasteiger partial charge in [-0.25, -0.2) is 13.2 Å². The van der Waals surface area contributed by atoms with Crippen LogP contribution in [0, 0.1) is 28.8 Å². The highest BCUT2D eigenvalue weighted by Gasteiger charge is 2.12. The lowest BCUT2D eigenvalue weighted by molar-refractivity contribution is 0.508. The Morgan fingerprint density at radius 3 is 2.26 bits per heavy atom. The fraction of sp³-hybridized carbons (Fsp3) is 0.0714. The highest BCUT2D eigenvalue weighted by atomic mass is 19.2. The predicted molar refractivity (Wildman–Crippen MR) is 64.8 cm³/mol. The van der Waals surface area contributed by atoms with Crippen molar-refractivity contribution in [2.45, 2.75) is 6.54 Å². The Kier molecular flexibility index (Phi) is 3.71. The zero-order valence-electron chi connectivity index (χ0n) is 9.75. The zero-order chi connectivity index (χ0) is 13.8. The number of nitriles is 1. The first-order valence-electron chi connectivity index (χ1n) is 5.48. The lowest BCUT2D eigenvalue weighted by Crippen LogP contribution is -2.03. The zero-order valence-corrected chi connectivity index (χ0v) is 9.75. The van der Waals surface area contributed by atoms with Crippen LogP contribution in [0.4, 0.5) is 18.9 Å². The van der Waals surface area contributed by atoms with Crippen molar-refractivity contribution in [3.63, 3.8) is 0 Å². The lowest BCUT2D eigenvalue weighted by atomic mass is 10.2. The SMILES string of the molecule is N#Cc1ccc(NCc2ccc(F)cc2)c(F)c1F. The van der Waals surface area contributed by atoms with Crippen LogP contribution in [0.2, 0.25) is 0 Å². The van der Waals surface area contributed by atoms with Crippen LogP contribution >= 0.6 is 0 Å². The number of rotatable bonds is 3. The monoisotopic (exact) mass is 262 g/mol. The number of hydrogen-bond donors (Lipinski definition) is 1. The average molecular weight is 262 g/mol. The van der Waals surface area contributed by atoms with E-state index in [1.54, 1.807) is 18.2 Å². The van der Waals surface area contributed by atoms with Crippen LogP contribution in [0.1, 0.15) is 11.1 Å². The number of nitrogens with zero attached hydrogens (tertiary/aromatic N) is 1. The Morgan fingerprint density at radius 2 is 1.63 bits per heavy atom. The van der Waals surface area contributed by atoms with Crippen LogP contribution in [0.25, 0.3) is 0 Å². The summed E-state index contributed by atoms with van der Waals surface area (Å²) >= 11 is 0. The molecule has 0 spiro atoms. The van der Waals surface area contributed by atoms with Gasteiger partial charge in [0.25, 0.3) is 0 Å². The molecule has 0 radical (unpaired) electrons. The first-order chi connectivity index (χ1) is 9.11. The molecule has 0 fully saturated rings. The molecule has 19 heavy (non-hydrogen) atoms. The van der Waals surface area contributed by atoms with Gasteiger partial charge in [0.05, 0.1) is 11.3 Å². The van der Waals surface area contributed by atoms with Gasteiger partial charge in [-0.15, -0.1) is 0 Å². The minimum Gasteiger partial charge on any atom is -0.379 e. The highest BCUT2D eigenvalue weighted by Crippen LogP contribution is 2.20. The summed E-state index contributed by atoms with van der Waals surface area (Å²) in [6, 6.07) is 9.70. The molecule has 2 rings (SSSR count). The van der Waals surface area contributed by atoms with Crippen molar-refractivity contribution in [2.24, 2.45) is 0 Å². The topological polar surface area (TPSA) is 35.8 Å². The van der Waals surface area contributed by atoms with E-state index in [0.717, 1.165) is 5.56 Å². The highest BCUT2D eigenvalue weighted by molar-refractivity contribution is 5.50. The van der Waals surface area contributed by atoms with Crippen molar-refractivity contribution in [2.75, 3.05) is 5.32 Å². The van der Waals surface area contributed by atoms with Crippen LogP contribution in [-0.2, 0) is 6.54 Å². The van der Waals surface area contributed by atoms with Gasteiger partial charge in [-0.1, -0.05) is 12.1 Å². The van der Waals surface area contributed by atoms with E-state index in [0.29, 0.717) is 0 Å². The summed E-state index contributed by atoms with van der Waals surface area (Å²) in [5, 5.41) is 11.2. The van der Waals surface area contributed by atoms with Crippen LogP contribution < -0.4 is 5.32 Å². The molecular weight excluding hydrogens is 253 g/mol. The van der Waals surface area contributed by atoms with Gasteiger partial charge < -0.3 is 5.32 Å². The van der Waals surface area contributed by atoms with E-state index in [1.807, 2.05) is 0 Å². The number of nitrogens with one attached hydrogen (secondary N) is 1. The molecule has 0 saturated carbocycles. The molecule has 0 aromatic heterocycles. The maximum absolute atomic E-state index is 13.6. The van der Waals surface area contributed by atoms with Crippen LogP contribution in [-0.4, -0.2) is 0 Å². The molecule has 0 aliphatic heterocycles. The van der Waals surface area contributed by atoms with E-state index < -0.39 is 11.6 Å². The summed E-state index contributed by atoms with van der Waals surface area (Å²) < 4.78 is 39.6. The second-order valence-corrected chi connectivity index (χ2v) is 3.88. The molecule has 0 aliphatic rings. The van der Waals surface area contributed by atoms with Crippen molar-refractivity contribution in [1.29, 1.82) is 5.26 Å². The van der Waals surface area contributed by atoms with E-state index in [1.165, 1.54) is 24.3 Å². The molecule has 1 N–H and O–H groups in total. The van der Waals surface area contributed by atoms with Gasteiger partial charge >= 0.3 is 0 Å². The van der Waals surface area contributed by atoms with Gasteiger partial charge in [-0.2, -0.15) is 5.26 Å². The summed E-state index contributed by atoms with van der Waals surface area (Å²) in [5.41, 5.74) is 0.344. The molecule has 0 heterocycles. The van der Waals surface area contributed by atoms with Crippen LogP contribution in [0.3, 0.4) is 0 Å². The van der Waals surface area contributed by atoms with Crippen molar-refractivity contribution >= 4 is 5.69 Å². The maximum Gasteiger partial charge on any atom is 0.183 e. The fourth-order valence-electron chi connectivity index (χ4n) is 1.57. The number of anilines is 1. The van der Waals surface area contributed by atoms with Gasteiger partial charge in [0, 0.05) is 6.54 Å². The predicted octanol–water partition coefficient (Wildman–Crippen LogP) is 3.59. The first-order valence-corrected chi connectivity index (χ1v) is 5.48. The van der Waals surface area contributed by atoms with Crippen molar-refractivity contribution < 1.29 is 13.2 Å². The van der Waals surface area contributed by atoms with Gasteiger partial charge in [0.1, 0.15) is 11.9 Å². The summed E-state index contributed by atoms with van der Waals surface area (Å²) in [6.07, 6.45) is 0. The van der Waals surface area contributed by atoms with Gasteiger partial charge in [0.15, 0.2) is 11.6 Å². The third kappa shape index (κ3) is 2.86. The average Bonchev–Trinajstić information content (AvgIpc) is 2.42. The standard InChI is InChI=1S/C14H9F3N2/c15-11-4-1-9(2-5-11)8-19-12-6-3-10(7-18)13(16)14(12)17/h1-6,19H,8H2. The molecule has 0 atom stereocenters. The Morgan fingerprint density at radius 1 is 0.947 bits per heavy atom. The van der Waals surface area contributed by atoms with Crippen molar-refractivity contribution in [1.82, 2.24) is 0 Å².